The summed E-state index contributed by atoms with van der Waals surface area (Å²) in [6.07, 6.45) is 0. The normalized spacial score (nSPS) is 12.9. The first-order valence-corrected chi connectivity index (χ1v) is 19.5. The largest absolute Gasteiger partial charge is 0.245 e. The van der Waals surface area contributed by atoms with E-state index in [4.69, 9.17) is 9.97 Å². The summed E-state index contributed by atoms with van der Waals surface area (Å²) in [4.78, 5) is 10.5. The number of aromatic nitrogens is 2. The Morgan fingerprint density at radius 2 is 0.804 bits per heavy atom. The molecule has 1 aliphatic rings. The van der Waals surface area contributed by atoms with Gasteiger partial charge in [-0.1, -0.05) is 176 Å². The first-order valence-electron chi connectivity index (χ1n) is 17.5. The van der Waals surface area contributed by atoms with Crippen LogP contribution in [0.15, 0.2) is 194 Å². The molecule has 0 unspecified atom stereocenters. The molecule has 0 amide bonds. The summed E-state index contributed by atoms with van der Waals surface area (Å²) >= 11 is 0. The van der Waals surface area contributed by atoms with Crippen molar-refractivity contribution in [2.24, 2.45) is 0 Å². The molecule has 9 aromatic rings. The monoisotopic (exact) mass is 664 g/mol. The molecule has 2 nitrogen and oxygen atoms in total. The molecule has 0 spiro atoms. The summed E-state index contributed by atoms with van der Waals surface area (Å²) in [6.45, 7) is 0. The summed E-state index contributed by atoms with van der Waals surface area (Å²) < 4.78 is 0. The second-order valence-corrected chi connectivity index (χ2v) is 17.0. The zero-order valence-corrected chi connectivity index (χ0v) is 28.9. The van der Waals surface area contributed by atoms with Crippen LogP contribution in [-0.4, -0.2) is 18.0 Å². The minimum atomic E-state index is -2.53. The highest BCUT2D eigenvalue weighted by atomic mass is 28.3. The van der Waals surface area contributed by atoms with Gasteiger partial charge in [-0.05, 0) is 61.2 Å². The summed E-state index contributed by atoms with van der Waals surface area (Å²) in [7, 11) is -2.53. The lowest BCUT2D eigenvalue weighted by Gasteiger charge is -2.31. The van der Waals surface area contributed by atoms with Crippen LogP contribution in [0.2, 0.25) is 0 Å². The van der Waals surface area contributed by atoms with E-state index in [1.165, 1.54) is 43.0 Å². The number of hydrogen-bond acceptors (Lipinski definition) is 2. The van der Waals surface area contributed by atoms with Crippen molar-refractivity contribution in [2.45, 2.75) is 0 Å². The molecule has 3 heterocycles. The standard InChI is InChI=1S/C48H32N2Si/c1-4-14-33(15-5-1)43-29-26-34-24-25-35-27-30-44(50-48(35)47(34)49-43)40-21-11-10-20-39(40)36-28-31-46-42(32-36)41-22-12-13-23-45(41)51(46,37-16-6-2-7-17-37)38-18-8-3-9-19-38/h1-32H. The fourth-order valence-electron chi connectivity index (χ4n) is 8.26. The van der Waals surface area contributed by atoms with Crippen LogP contribution < -0.4 is 20.7 Å². The van der Waals surface area contributed by atoms with E-state index in [1.807, 2.05) is 6.07 Å². The highest BCUT2D eigenvalue weighted by Crippen LogP contribution is 2.37. The number of rotatable bonds is 5. The highest BCUT2D eigenvalue weighted by Gasteiger charge is 2.48. The molecule has 0 saturated carbocycles. The molecule has 0 fully saturated rings. The maximum Gasteiger partial charge on any atom is 0.180 e. The zero-order valence-electron chi connectivity index (χ0n) is 27.9. The fraction of sp³-hybridized carbons (Fsp3) is 0. The number of pyridine rings is 2. The lowest BCUT2D eigenvalue weighted by atomic mass is 9.94. The summed E-state index contributed by atoms with van der Waals surface area (Å²) in [6, 6.07) is 70.6. The molecule has 238 valence electrons. The van der Waals surface area contributed by atoms with Gasteiger partial charge in [0.1, 0.15) is 0 Å². The predicted molar refractivity (Wildman–Crippen MR) is 216 cm³/mol. The van der Waals surface area contributed by atoms with Gasteiger partial charge >= 0.3 is 0 Å². The minimum absolute atomic E-state index is 0.918. The van der Waals surface area contributed by atoms with Crippen LogP contribution in [0.25, 0.3) is 66.6 Å². The van der Waals surface area contributed by atoms with Crippen LogP contribution in [0.1, 0.15) is 0 Å². The van der Waals surface area contributed by atoms with E-state index in [2.05, 4.69) is 188 Å². The molecular weight excluding hydrogens is 633 g/mol. The van der Waals surface area contributed by atoms with E-state index in [1.54, 1.807) is 0 Å². The van der Waals surface area contributed by atoms with E-state index in [-0.39, 0.29) is 0 Å². The third-order valence-electron chi connectivity index (χ3n) is 10.6. The Morgan fingerprint density at radius 1 is 0.314 bits per heavy atom. The lowest BCUT2D eigenvalue weighted by Crippen LogP contribution is -2.72. The molecule has 51 heavy (non-hydrogen) atoms. The Hall–Kier alpha value is -6.42. The smallest absolute Gasteiger partial charge is 0.180 e. The highest BCUT2D eigenvalue weighted by molar-refractivity contribution is 7.22. The Morgan fingerprint density at radius 3 is 1.47 bits per heavy atom. The number of hydrogen-bond donors (Lipinski definition) is 0. The molecule has 7 aromatic carbocycles. The van der Waals surface area contributed by atoms with Crippen LogP contribution in [-0.2, 0) is 0 Å². The topological polar surface area (TPSA) is 25.8 Å². The number of fused-ring (bicyclic) bond motifs is 6. The van der Waals surface area contributed by atoms with E-state index in [9.17, 15) is 0 Å². The van der Waals surface area contributed by atoms with Gasteiger partial charge in [-0.15, -0.1) is 0 Å². The summed E-state index contributed by atoms with van der Waals surface area (Å²) in [5.74, 6) is 0. The van der Waals surface area contributed by atoms with Crippen molar-refractivity contribution >= 4 is 50.6 Å². The number of benzene rings is 7. The van der Waals surface area contributed by atoms with Crippen LogP contribution in [0.3, 0.4) is 0 Å². The molecule has 3 heteroatoms. The molecule has 10 rings (SSSR count). The number of nitrogens with zero attached hydrogens (tertiary/aromatic N) is 2. The van der Waals surface area contributed by atoms with Crippen LogP contribution in [0, 0.1) is 0 Å². The summed E-state index contributed by atoms with van der Waals surface area (Å²) in [5.41, 5.74) is 11.0. The minimum Gasteiger partial charge on any atom is -0.245 e. The average molecular weight is 665 g/mol. The Kier molecular flexibility index (Phi) is 6.86. The van der Waals surface area contributed by atoms with Crippen molar-refractivity contribution in [3.8, 4) is 44.8 Å². The Labute approximate surface area is 298 Å². The average Bonchev–Trinajstić information content (AvgIpc) is 3.52. The molecule has 1 aliphatic heterocycles. The third kappa shape index (κ3) is 4.63. The van der Waals surface area contributed by atoms with Gasteiger partial charge in [0.25, 0.3) is 0 Å². The molecule has 0 saturated heterocycles. The quantitative estimate of drug-likeness (QED) is 0.136. The molecular formula is C48H32N2Si. The first kappa shape index (κ1) is 29.5. The van der Waals surface area contributed by atoms with Crippen molar-refractivity contribution in [1.29, 1.82) is 0 Å². The third-order valence-corrected chi connectivity index (χ3v) is 15.4. The molecule has 0 atom stereocenters. The maximum atomic E-state index is 5.35. The van der Waals surface area contributed by atoms with Gasteiger partial charge in [0.2, 0.25) is 0 Å². The Bertz CT molecular complexity index is 2700. The van der Waals surface area contributed by atoms with Crippen molar-refractivity contribution in [3.05, 3.63) is 194 Å². The predicted octanol–water partition coefficient (Wildman–Crippen LogP) is 9.14. The zero-order chi connectivity index (χ0) is 33.8. The molecule has 0 aliphatic carbocycles. The molecule has 0 N–H and O–H groups in total. The maximum absolute atomic E-state index is 5.35. The van der Waals surface area contributed by atoms with Gasteiger partial charge in [0, 0.05) is 21.9 Å². The fourth-order valence-corrected chi connectivity index (χ4v) is 13.4. The van der Waals surface area contributed by atoms with Crippen LogP contribution in [0.4, 0.5) is 0 Å². The van der Waals surface area contributed by atoms with Gasteiger partial charge in [0.15, 0.2) is 8.07 Å². The second-order valence-electron chi connectivity index (χ2n) is 13.3. The van der Waals surface area contributed by atoms with Crippen LogP contribution >= 0.6 is 0 Å². The van der Waals surface area contributed by atoms with Gasteiger partial charge in [-0.25, -0.2) is 9.97 Å². The van der Waals surface area contributed by atoms with E-state index < -0.39 is 8.07 Å². The van der Waals surface area contributed by atoms with Gasteiger partial charge in [-0.3, -0.25) is 0 Å². The van der Waals surface area contributed by atoms with Crippen molar-refractivity contribution in [2.75, 3.05) is 0 Å². The van der Waals surface area contributed by atoms with E-state index in [0.29, 0.717) is 0 Å². The first-order chi connectivity index (χ1) is 25.3. The van der Waals surface area contributed by atoms with E-state index in [0.717, 1.165) is 44.3 Å². The SMILES string of the molecule is c1ccc(-c2ccc3ccc4ccc(-c5ccccc5-c5ccc6c(c5)-c5ccccc5[Si]6(c5ccccc5)c5ccccc5)nc4c3n2)cc1. The molecule has 0 bridgehead atoms. The van der Waals surface area contributed by atoms with Gasteiger partial charge < -0.3 is 0 Å². The summed E-state index contributed by atoms with van der Waals surface area (Å²) in [5, 5.41) is 7.88. The lowest BCUT2D eigenvalue weighted by molar-refractivity contribution is 1.36. The molecule has 2 aromatic heterocycles. The molecule has 0 radical (unpaired) electrons. The Balaban J connectivity index is 1.15. The van der Waals surface area contributed by atoms with Crippen molar-refractivity contribution in [1.82, 2.24) is 9.97 Å². The van der Waals surface area contributed by atoms with Crippen molar-refractivity contribution < 1.29 is 0 Å². The van der Waals surface area contributed by atoms with E-state index >= 15 is 0 Å². The van der Waals surface area contributed by atoms with Crippen LogP contribution in [0.5, 0.6) is 0 Å². The second kappa shape index (κ2) is 11.9. The van der Waals surface area contributed by atoms with Crippen molar-refractivity contribution in [3.63, 3.8) is 0 Å². The van der Waals surface area contributed by atoms with Gasteiger partial charge in [-0.2, -0.15) is 0 Å². The van der Waals surface area contributed by atoms with Gasteiger partial charge in [0.05, 0.1) is 22.4 Å².